The van der Waals surface area contributed by atoms with Gasteiger partial charge in [0.2, 0.25) is 5.91 Å². The summed E-state index contributed by atoms with van der Waals surface area (Å²) in [6.45, 7) is 1.48. The van der Waals surface area contributed by atoms with Crippen molar-refractivity contribution in [1.29, 1.82) is 0 Å². The highest BCUT2D eigenvalue weighted by molar-refractivity contribution is 9.10. The van der Waals surface area contributed by atoms with Gasteiger partial charge in [0.1, 0.15) is 0 Å². The summed E-state index contributed by atoms with van der Waals surface area (Å²) in [5, 5.41) is 11.5. The van der Waals surface area contributed by atoms with Crippen LogP contribution in [0.25, 0.3) is 0 Å². The Labute approximate surface area is 149 Å². The number of likely N-dealkylation sites (tertiary alicyclic amines) is 1. The second kappa shape index (κ2) is 8.82. The Balaban J connectivity index is 1.69. The van der Waals surface area contributed by atoms with Crippen LogP contribution in [0.2, 0.25) is 0 Å². The van der Waals surface area contributed by atoms with E-state index in [1.165, 1.54) is 0 Å². The number of nitrogens with zero attached hydrogens (tertiary/aromatic N) is 1. The van der Waals surface area contributed by atoms with Crippen LogP contribution in [0.15, 0.2) is 28.7 Å². The average molecular weight is 397 g/mol. The lowest BCUT2D eigenvalue weighted by molar-refractivity contribution is -0.138. The van der Waals surface area contributed by atoms with Crippen molar-refractivity contribution in [3.05, 3.63) is 34.3 Å². The number of nitrogens with one attached hydrogen (secondary N) is 1. The van der Waals surface area contributed by atoms with E-state index in [0.29, 0.717) is 25.2 Å². The molecule has 0 saturated carbocycles. The van der Waals surface area contributed by atoms with Crippen molar-refractivity contribution in [3.8, 4) is 0 Å². The Morgan fingerprint density at radius 2 is 1.79 bits per heavy atom. The molecule has 1 heterocycles. The van der Waals surface area contributed by atoms with Crippen LogP contribution in [-0.4, -0.2) is 47.4 Å². The predicted molar refractivity (Wildman–Crippen MR) is 92.6 cm³/mol. The number of carbonyl (C=O) groups is 3. The Hall–Kier alpha value is -1.89. The van der Waals surface area contributed by atoms with Crippen LogP contribution in [0.5, 0.6) is 0 Å². The van der Waals surface area contributed by atoms with Crippen LogP contribution in [0, 0.1) is 5.92 Å². The van der Waals surface area contributed by atoms with Gasteiger partial charge in [-0.3, -0.25) is 14.4 Å². The van der Waals surface area contributed by atoms with E-state index in [4.69, 9.17) is 5.11 Å². The first-order valence-corrected chi connectivity index (χ1v) is 8.78. The molecule has 24 heavy (non-hydrogen) atoms. The summed E-state index contributed by atoms with van der Waals surface area (Å²) in [5.74, 6) is -0.825. The SMILES string of the molecule is O=C(O)CC1CCN(C(=O)CCNC(=O)c2ccc(Br)cc2)CC1. The third kappa shape index (κ3) is 5.63. The second-order valence-electron chi connectivity index (χ2n) is 5.93. The smallest absolute Gasteiger partial charge is 0.303 e. The highest BCUT2D eigenvalue weighted by Crippen LogP contribution is 2.20. The van der Waals surface area contributed by atoms with Crippen molar-refractivity contribution in [3.63, 3.8) is 0 Å². The molecule has 0 spiro atoms. The summed E-state index contributed by atoms with van der Waals surface area (Å²) in [7, 11) is 0. The number of amides is 2. The highest BCUT2D eigenvalue weighted by atomic mass is 79.9. The zero-order valence-electron chi connectivity index (χ0n) is 13.3. The van der Waals surface area contributed by atoms with E-state index in [-0.39, 0.29) is 30.6 Å². The monoisotopic (exact) mass is 396 g/mol. The van der Waals surface area contributed by atoms with Crippen LogP contribution < -0.4 is 5.32 Å². The Morgan fingerprint density at radius 1 is 1.17 bits per heavy atom. The molecule has 6 nitrogen and oxygen atoms in total. The van der Waals surface area contributed by atoms with E-state index in [9.17, 15) is 14.4 Å². The Morgan fingerprint density at radius 3 is 2.38 bits per heavy atom. The number of piperidine rings is 1. The maximum atomic E-state index is 12.1. The fourth-order valence-electron chi connectivity index (χ4n) is 2.78. The van der Waals surface area contributed by atoms with Crippen molar-refractivity contribution in [2.75, 3.05) is 19.6 Å². The van der Waals surface area contributed by atoms with Crippen LogP contribution in [0.1, 0.15) is 36.0 Å². The minimum absolute atomic E-state index is 0.000110. The van der Waals surface area contributed by atoms with Crippen molar-refractivity contribution < 1.29 is 19.5 Å². The van der Waals surface area contributed by atoms with Crippen molar-refractivity contribution in [2.24, 2.45) is 5.92 Å². The number of halogens is 1. The molecule has 2 N–H and O–H groups in total. The molecule has 1 saturated heterocycles. The van der Waals surface area contributed by atoms with E-state index >= 15 is 0 Å². The summed E-state index contributed by atoms with van der Waals surface area (Å²) in [6, 6.07) is 7.02. The minimum Gasteiger partial charge on any atom is -0.481 e. The van der Waals surface area contributed by atoms with Gasteiger partial charge in [-0.15, -0.1) is 0 Å². The minimum atomic E-state index is -0.782. The molecular weight excluding hydrogens is 376 g/mol. The van der Waals surface area contributed by atoms with Crippen LogP contribution in [0.3, 0.4) is 0 Å². The molecule has 1 aliphatic rings. The van der Waals surface area contributed by atoms with Gasteiger partial charge in [-0.05, 0) is 43.0 Å². The van der Waals surface area contributed by atoms with Crippen LogP contribution in [-0.2, 0) is 9.59 Å². The molecule has 130 valence electrons. The molecule has 0 atom stereocenters. The van der Waals surface area contributed by atoms with E-state index in [1.807, 2.05) is 0 Å². The van der Waals surface area contributed by atoms with Gasteiger partial charge < -0.3 is 15.3 Å². The first-order chi connectivity index (χ1) is 11.5. The molecule has 1 aliphatic heterocycles. The summed E-state index contributed by atoms with van der Waals surface area (Å²) in [6.07, 6.45) is 1.88. The molecule has 0 bridgehead atoms. The summed E-state index contributed by atoms with van der Waals surface area (Å²) < 4.78 is 0.903. The lowest BCUT2D eigenvalue weighted by atomic mass is 9.93. The van der Waals surface area contributed by atoms with E-state index in [0.717, 1.165) is 17.3 Å². The molecular formula is C17H21BrN2O4. The molecule has 0 aromatic heterocycles. The predicted octanol–water partition coefficient (Wildman–Crippen LogP) is 2.28. The zero-order valence-corrected chi connectivity index (χ0v) is 14.9. The molecule has 2 rings (SSSR count). The number of carboxylic acids is 1. The number of rotatable bonds is 6. The first kappa shape index (κ1) is 18.4. The van der Waals surface area contributed by atoms with E-state index in [2.05, 4.69) is 21.2 Å². The molecule has 0 unspecified atom stereocenters. The van der Waals surface area contributed by atoms with Gasteiger partial charge in [-0.1, -0.05) is 15.9 Å². The number of aliphatic carboxylic acids is 1. The summed E-state index contributed by atoms with van der Waals surface area (Å²) in [5.41, 5.74) is 0.556. The largest absolute Gasteiger partial charge is 0.481 e. The first-order valence-electron chi connectivity index (χ1n) is 7.99. The van der Waals surface area contributed by atoms with Crippen LogP contribution >= 0.6 is 15.9 Å². The Bertz CT molecular complexity index is 595. The van der Waals surface area contributed by atoms with E-state index in [1.54, 1.807) is 29.2 Å². The quantitative estimate of drug-likeness (QED) is 0.771. The molecule has 2 amide bonds. The fraction of sp³-hybridized carbons (Fsp3) is 0.471. The summed E-state index contributed by atoms with van der Waals surface area (Å²) in [4.78, 5) is 36.5. The maximum absolute atomic E-state index is 12.1. The third-order valence-corrected chi connectivity index (χ3v) is 4.69. The lowest BCUT2D eigenvalue weighted by Gasteiger charge is -2.31. The number of hydrogen-bond donors (Lipinski definition) is 2. The van der Waals surface area contributed by atoms with Gasteiger partial charge in [-0.2, -0.15) is 0 Å². The second-order valence-corrected chi connectivity index (χ2v) is 6.85. The molecule has 0 aliphatic carbocycles. The zero-order chi connectivity index (χ0) is 17.5. The Kier molecular flexibility index (Phi) is 6.78. The number of carboxylic acid groups (broad SMARTS) is 1. The highest BCUT2D eigenvalue weighted by Gasteiger charge is 2.24. The van der Waals surface area contributed by atoms with Gasteiger partial charge in [0.25, 0.3) is 5.91 Å². The van der Waals surface area contributed by atoms with Gasteiger partial charge in [-0.25, -0.2) is 0 Å². The number of carbonyl (C=O) groups excluding carboxylic acids is 2. The van der Waals surface area contributed by atoms with Gasteiger partial charge in [0.05, 0.1) is 0 Å². The number of hydrogen-bond acceptors (Lipinski definition) is 3. The standard InChI is InChI=1S/C17H21BrN2O4/c18-14-3-1-13(2-4-14)17(24)19-8-5-15(21)20-9-6-12(7-10-20)11-16(22)23/h1-4,12H,5-11H2,(H,19,24)(H,22,23). The van der Waals surface area contributed by atoms with Crippen LogP contribution in [0.4, 0.5) is 0 Å². The average Bonchev–Trinajstić information content (AvgIpc) is 2.55. The third-order valence-electron chi connectivity index (χ3n) is 4.16. The van der Waals surface area contributed by atoms with Crippen molar-refractivity contribution >= 4 is 33.7 Å². The maximum Gasteiger partial charge on any atom is 0.303 e. The normalized spacial score (nSPS) is 15.1. The van der Waals surface area contributed by atoms with Gasteiger partial charge in [0.15, 0.2) is 0 Å². The number of benzene rings is 1. The van der Waals surface area contributed by atoms with Gasteiger partial charge >= 0.3 is 5.97 Å². The molecule has 7 heteroatoms. The van der Waals surface area contributed by atoms with Crippen molar-refractivity contribution in [2.45, 2.75) is 25.7 Å². The topological polar surface area (TPSA) is 86.7 Å². The molecule has 1 fully saturated rings. The molecule has 0 radical (unpaired) electrons. The van der Waals surface area contributed by atoms with E-state index < -0.39 is 5.97 Å². The fourth-order valence-corrected chi connectivity index (χ4v) is 3.04. The van der Waals surface area contributed by atoms with Gasteiger partial charge in [0, 0.05) is 42.5 Å². The lowest BCUT2D eigenvalue weighted by Crippen LogP contribution is -2.40. The molecule has 1 aromatic rings. The molecule has 1 aromatic carbocycles. The van der Waals surface area contributed by atoms with Crippen molar-refractivity contribution in [1.82, 2.24) is 10.2 Å². The summed E-state index contributed by atoms with van der Waals surface area (Å²) >= 11 is 3.31.